The van der Waals surface area contributed by atoms with Gasteiger partial charge in [-0.15, -0.1) is 21.8 Å². The molecule has 0 N–H and O–H groups in total. The van der Waals surface area contributed by atoms with Crippen LogP contribution < -0.4 is 9.96 Å². The first-order chi connectivity index (χ1) is 13.7. The lowest BCUT2D eigenvalue weighted by Gasteiger charge is -2.25. The average Bonchev–Trinajstić information content (AvgIpc) is 2.73. The third kappa shape index (κ3) is 2.13. The van der Waals surface area contributed by atoms with E-state index in [-0.39, 0.29) is 21.7 Å². The highest BCUT2D eigenvalue weighted by Gasteiger charge is 2.28. The van der Waals surface area contributed by atoms with Crippen LogP contribution in [0, 0.1) is 0 Å². The molecule has 3 aromatic carbocycles. The minimum absolute atomic E-state index is 0.00621. The summed E-state index contributed by atoms with van der Waals surface area (Å²) in [5, 5.41) is 4.95. The van der Waals surface area contributed by atoms with E-state index in [1.807, 2.05) is 48.5 Å². The van der Waals surface area contributed by atoms with Gasteiger partial charge in [-0.05, 0) is 28.4 Å². The first kappa shape index (κ1) is 16.2. The fourth-order valence-electron chi connectivity index (χ4n) is 4.19. The molecule has 0 bridgehead atoms. The van der Waals surface area contributed by atoms with Crippen LogP contribution in [-0.4, -0.2) is 16.9 Å². The van der Waals surface area contributed by atoms with Crippen molar-refractivity contribution in [1.82, 2.24) is 0 Å². The van der Waals surface area contributed by atoms with Crippen LogP contribution in [0.25, 0.3) is 32.5 Å². The van der Waals surface area contributed by atoms with E-state index in [0.717, 1.165) is 31.5 Å². The number of Topliss-reactive ketones (excluding diaryl/α,β-unsaturated/α-hetero) is 1. The molecule has 0 radical (unpaired) electrons. The Hall–Kier alpha value is -2.82. The van der Waals surface area contributed by atoms with Crippen molar-refractivity contribution in [3.05, 3.63) is 86.6 Å². The van der Waals surface area contributed by atoms with Crippen molar-refractivity contribution in [3.8, 4) is 0 Å². The zero-order valence-corrected chi connectivity index (χ0v) is 16.4. The number of allylic oxidation sites excluding steroid dienone is 1. The second-order valence-electron chi connectivity index (χ2n) is 7.02. The van der Waals surface area contributed by atoms with Gasteiger partial charge in [-0.3, -0.25) is 9.59 Å². The SMILES string of the molecule is O=C1/C(=c2\sc3cccc4cccc(c2=O)c43)CS2=CC=Cc3cccc1c32. The summed E-state index contributed by atoms with van der Waals surface area (Å²) in [7, 11) is -0.170. The maximum atomic E-state index is 13.4. The number of ketones is 1. The summed E-state index contributed by atoms with van der Waals surface area (Å²) in [6.07, 6.45) is 4.13. The number of rotatable bonds is 0. The van der Waals surface area contributed by atoms with E-state index in [9.17, 15) is 9.59 Å². The second kappa shape index (κ2) is 5.84. The van der Waals surface area contributed by atoms with Crippen molar-refractivity contribution >= 4 is 65.5 Å². The zero-order chi connectivity index (χ0) is 18.8. The summed E-state index contributed by atoms with van der Waals surface area (Å²) in [4.78, 5) is 27.9. The molecule has 2 aliphatic rings. The van der Waals surface area contributed by atoms with Crippen molar-refractivity contribution < 1.29 is 4.79 Å². The summed E-state index contributed by atoms with van der Waals surface area (Å²) in [6, 6.07) is 17.8. The van der Waals surface area contributed by atoms with Gasteiger partial charge < -0.3 is 0 Å². The predicted octanol–water partition coefficient (Wildman–Crippen LogP) is 4.64. The summed E-state index contributed by atoms with van der Waals surface area (Å²) in [5.41, 5.74) is 2.52. The van der Waals surface area contributed by atoms with Gasteiger partial charge in [0.05, 0.1) is 4.53 Å². The van der Waals surface area contributed by atoms with Gasteiger partial charge in [0, 0.05) is 37.3 Å². The Bertz CT molecular complexity index is 1510. The van der Waals surface area contributed by atoms with Gasteiger partial charge in [0.15, 0.2) is 5.78 Å². The van der Waals surface area contributed by atoms with Gasteiger partial charge >= 0.3 is 0 Å². The summed E-state index contributed by atoms with van der Waals surface area (Å²) in [6.45, 7) is 0. The highest BCUT2D eigenvalue weighted by molar-refractivity contribution is 8.15. The molecule has 1 atom stereocenters. The fourth-order valence-corrected chi connectivity index (χ4v) is 7.59. The third-order valence-corrected chi connectivity index (χ3v) is 8.71. The molecule has 2 nitrogen and oxygen atoms in total. The van der Waals surface area contributed by atoms with Gasteiger partial charge in [0.25, 0.3) is 0 Å². The van der Waals surface area contributed by atoms with Crippen molar-refractivity contribution in [3.63, 3.8) is 0 Å². The van der Waals surface area contributed by atoms with Gasteiger partial charge in [-0.1, -0.05) is 54.6 Å². The Morgan fingerprint density at radius 1 is 0.929 bits per heavy atom. The number of hydrogen-bond donors (Lipinski definition) is 0. The maximum Gasteiger partial charge on any atom is 0.204 e. The van der Waals surface area contributed by atoms with E-state index in [1.54, 1.807) is 0 Å². The highest BCUT2D eigenvalue weighted by Crippen LogP contribution is 2.42. The quantitative estimate of drug-likeness (QED) is 0.405. The molecule has 1 unspecified atom stereocenters. The lowest BCUT2D eigenvalue weighted by atomic mass is 10.0. The lowest BCUT2D eigenvalue weighted by molar-refractivity contribution is 0.105. The van der Waals surface area contributed by atoms with E-state index in [4.69, 9.17) is 0 Å². The van der Waals surface area contributed by atoms with Gasteiger partial charge in [0.1, 0.15) is 0 Å². The fraction of sp³-hybridized carbons (Fsp3) is 0.0417. The number of carbonyl (C=O) groups is 1. The zero-order valence-electron chi connectivity index (χ0n) is 14.8. The molecule has 4 aromatic rings. The van der Waals surface area contributed by atoms with Crippen LogP contribution in [-0.2, 0) is 0 Å². The van der Waals surface area contributed by atoms with Gasteiger partial charge in [0.2, 0.25) is 5.43 Å². The maximum absolute atomic E-state index is 13.4. The molecule has 0 amide bonds. The molecule has 134 valence electrons. The normalized spacial score (nSPS) is 19.7. The van der Waals surface area contributed by atoms with Crippen LogP contribution in [0.1, 0.15) is 15.9 Å². The average molecular weight is 399 g/mol. The van der Waals surface area contributed by atoms with Crippen molar-refractivity contribution in [2.75, 3.05) is 5.75 Å². The van der Waals surface area contributed by atoms with E-state index in [2.05, 4.69) is 23.6 Å². The van der Waals surface area contributed by atoms with Crippen LogP contribution in [0.4, 0.5) is 0 Å². The van der Waals surface area contributed by atoms with Crippen molar-refractivity contribution in [2.45, 2.75) is 4.90 Å². The molecule has 6 rings (SSSR count). The van der Waals surface area contributed by atoms with Crippen LogP contribution >= 0.6 is 21.8 Å². The van der Waals surface area contributed by atoms with Crippen LogP contribution in [0.3, 0.4) is 0 Å². The standard InChI is InChI=1S/C24H14O2S2/c25-21-17-10-2-7-15-8-4-12-28(24(15)17)13-18(21)23-22(26)16-9-1-5-14-6-3-11-19(27-23)20(14)16/h1-12H,13H2/b23-18-. The van der Waals surface area contributed by atoms with E-state index in [1.165, 1.54) is 11.3 Å². The monoisotopic (exact) mass is 398 g/mol. The van der Waals surface area contributed by atoms with E-state index >= 15 is 0 Å². The largest absolute Gasteiger partial charge is 0.289 e. The predicted molar refractivity (Wildman–Crippen MR) is 121 cm³/mol. The van der Waals surface area contributed by atoms with Crippen molar-refractivity contribution in [1.29, 1.82) is 0 Å². The Balaban J connectivity index is 1.76. The molecule has 28 heavy (non-hydrogen) atoms. The number of hydrogen-bond acceptors (Lipinski definition) is 3. The topological polar surface area (TPSA) is 34.1 Å². The van der Waals surface area contributed by atoms with Crippen LogP contribution in [0.2, 0.25) is 0 Å². The van der Waals surface area contributed by atoms with Gasteiger partial charge in [-0.25, -0.2) is 0 Å². The molecule has 1 aromatic heterocycles. The minimum Gasteiger partial charge on any atom is -0.289 e. The first-order valence-corrected chi connectivity index (χ1v) is 11.4. The number of benzene rings is 3. The summed E-state index contributed by atoms with van der Waals surface area (Å²) < 4.78 is 1.65. The Kier molecular flexibility index (Phi) is 3.37. The smallest absolute Gasteiger partial charge is 0.204 e. The highest BCUT2D eigenvalue weighted by atomic mass is 32.2. The summed E-state index contributed by atoms with van der Waals surface area (Å²) >= 11 is 1.46. The Morgan fingerprint density at radius 3 is 2.64 bits per heavy atom. The second-order valence-corrected chi connectivity index (χ2v) is 9.90. The Morgan fingerprint density at radius 2 is 1.75 bits per heavy atom. The molecule has 0 spiro atoms. The first-order valence-electron chi connectivity index (χ1n) is 9.09. The molecule has 0 fully saturated rings. The molecule has 0 aliphatic carbocycles. The van der Waals surface area contributed by atoms with E-state index < -0.39 is 0 Å². The third-order valence-electron chi connectivity index (χ3n) is 5.45. The summed E-state index contributed by atoms with van der Waals surface area (Å²) in [5.74, 6) is 0.617. The molecule has 2 aliphatic heterocycles. The molecule has 4 heteroatoms. The van der Waals surface area contributed by atoms with Crippen molar-refractivity contribution in [2.24, 2.45) is 0 Å². The van der Waals surface area contributed by atoms with E-state index in [0.29, 0.717) is 21.2 Å². The Labute approximate surface area is 167 Å². The van der Waals surface area contributed by atoms with Gasteiger partial charge in [-0.2, -0.15) is 0 Å². The molecule has 3 heterocycles. The van der Waals surface area contributed by atoms with Crippen LogP contribution in [0.5, 0.6) is 0 Å². The molecular weight excluding hydrogens is 384 g/mol. The molecular formula is C24H14O2S2. The lowest BCUT2D eigenvalue weighted by Crippen LogP contribution is -2.30. The minimum atomic E-state index is -0.170. The van der Waals surface area contributed by atoms with Crippen LogP contribution in [0.15, 0.2) is 70.4 Å². The number of carbonyl (C=O) groups excluding carboxylic acids is 1. The molecule has 0 saturated heterocycles. The molecule has 0 saturated carbocycles.